The van der Waals surface area contributed by atoms with E-state index in [4.69, 9.17) is 4.42 Å². The van der Waals surface area contributed by atoms with Crippen molar-refractivity contribution in [2.45, 2.75) is 25.8 Å². The van der Waals surface area contributed by atoms with Gasteiger partial charge in [0, 0.05) is 23.5 Å². The number of fused-ring (bicyclic) bond motifs is 1. The summed E-state index contributed by atoms with van der Waals surface area (Å²) in [5.41, 5.74) is 5.05. The lowest BCUT2D eigenvalue weighted by Gasteiger charge is -2.25. The molecule has 0 atom stereocenters. The Morgan fingerprint density at radius 1 is 0.933 bits per heavy atom. The zero-order valence-corrected chi connectivity index (χ0v) is 16.8. The van der Waals surface area contributed by atoms with Crippen molar-refractivity contribution in [3.05, 3.63) is 95.6 Å². The van der Waals surface area contributed by atoms with E-state index in [1.807, 2.05) is 30.3 Å². The lowest BCUT2D eigenvalue weighted by molar-refractivity contribution is 0.527. The van der Waals surface area contributed by atoms with Crippen LogP contribution in [0.3, 0.4) is 0 Å². The second kappa shape index (κ2) is 7.22. The molecule has 30 heavy (non-hydrogen) atoms. The Labute approximate surface area is 174 Å². The predicted octanol–water partition coefficient (Wildman–Crippen LogP) is 4.86. The van der Waals surface area contributed by atoms with Gasteiger partial charge in [0.1, 0.15) is 0 Å². The second-order valence-electron chi connectivity index (χ2n) is 7.79. The molecule has 0 bridgehead atoms. The molecule has 0 aliphatic heterocycles. The van der Waals surface area contributed by atoms with Crippen molar-refractivity contribution in [3.63, 3.8) is 0 Å². The van der Waals surface area contributed by atoms with Gasteiger partial charge in [-0.2, -0.15) is 0 Å². The maximum absolute atomic E-state index is 5.94. The van der Waals surface area contributed by atoms with E-state index in [0.717, 1.165) is 34.5 Å². The van der Waals surface area contributed by atoms with Gasteiger partial charge in [-0.25, -0.2) is 9.97 Å². The van der Waals surface area contributed by atoms with E-state index >= 15 is 0 Å². The minimum absolute atomic E-state index is 0.344. The Morgan fingerprint density at radius 2 is 1.73 bits per heavy atom. The van der Waals surface area contributed by atoms with E-state index in [-0.39, 0.29) is 5.54 Å². The molecule has 0 unspecified atom stereocenters. The maximum Gasteiger partial charge on any atom is 0.316 e. The fourth-order valence-electron chi connectivity index (χ4n) is 3.69. The van der Waals surface area contributed by atoms with Crippen LogP contribution in [0.15, 0.2) is 77.5 Å². The van der Waals surface area contributed by atoms with Crippen LogP contribution in [0.5, 0.6) is 0 Å². The molecule has 0 saturated heterocycles. The van der Waals surface area contributed by atoms with E-state index in [9.17, 15) is 0 Å². The van der Waals surface area contributed by atoms with E-state index in [1.54, 1.807) is 12.4 Å². The van der Waals surface area contributed by atoms with Crippen LogP contribution in [0, 0.1) is 0 Å². The monoisotopic (exact) mass is 395 g/mol. The fourth-order valence-corrected chi connectivity index (χ4v) is 3.69. The molecule has 0 fully saturated rings. The highest BCUT2D eigenvalue weighted by Crippen LogP contribution is 2.34. The maximum atomic E-state index is 5.94. The van der Waals surface area contributed by atoms with Crippen LogP contribution in [0.2, 0.25) is 0 Å². The van der Waals surface area contributed by atoms with Gasteiger partial charge in [0.25, 0.3) is 0 Å². The highest BCUT2D eigenvalue weighted by molar-refractivity contribution is 5.83. The molecule has 5 rings (SSSR count). The largest absolute Gasteiger partial charge is 0.403 e. The molecule has 1 aliphatic carbocycles. The van der Waals surface area contributed by atoms with Crippen molar-refractivity contribution in [2.24, 2.45) is 0 Å². The van der Waals surface area contributed by atoms with E-state index < -0.39 is 0 Å². The summed E-state index contributed by atoms with van der Waals surface area (Å²) in [6.07, 6.45) is 6.54. The lowest BCUT2D eigenvalue weighted by Crippen LogP contribution is -2.27. The molecule has 0 amide bonds. The number of benzene rings is 2. The van der Waals surface area contributed by atoms with Gasteiger partial charge in [-0.1, -0.05) is 47.6 Å². The van der Waals surface area contributed by atoms with Crippen molar-refractivity contribution in [2.75, 3.05) is 5.32 Å². The molecule has 148 valence electrons. The number of aromatic nitrogens is 4. The predicted molar refractivity (Wildman–Crippen MR) is 116 cm³/mol. The number of nitrogens with one attached hydrogen (secondary N) is 1. The summed E-state index contributed by atoms with van der Waals surface area (Å²) in [4.78, 5) is 8.79. The van der Waals surface area contributed by atoms with Crippen molar-refractivity contribution in [1.82, 2.24) is 20.2 Å². The quantitative estimate of drug-likeness (QED) is 0.520. The molecule has 1 N–H and O–H groups in total. The summed E-state index contributed by atoms with van der Waals surface area (Å²) in [5, 5.41) is 11.8. The Kier molecular flexibility index (Phi) is 4.39. The number of hydrogen-bond donors (Lipinski definition) is 1. The Hall–Kier alpha value is -3.80. The summed E-state index contributed by atoms with van der Waals surface area (Å²) in [6.45, 7) is 4.16. The first kappa shape index (κ1) is 18.2. The summed E-state index contributed by atoms with van der Waals surface area (Å²) in [6, 6.07) is 18.6. The van der Waals surface area contributed by atoms with Crippen LogP contribution in [0.4, 0.5) is 6.01 Å². The van der Waals surface area contributed by atoms with Crippen LogP contribution in [0.1, 0.15) is 36.4 Å². The van der Waals surface area contributed by atoms with Gasteiger partial charge in [-0.05, 0) is 55.2 Å². The van der Waals surface area contributed by atoms with Gasteiger partial charge in [-0.3, -0.25) is 0 Å². The number of allylic oxidation sites excluding steroid dienone is 1. The first-order valence-corrected chi connectivity index (χ1v) is 9.88. The Morgan fingerprint density at radius 3 is 2.53 bits per heavy atom. The molecule has 2 aromatic heterocycles. The number of hydrogen-bond acceptors (Lipinski definition) is 6. The minimum atomic E-state index is -0.344. The summed E-state index contributed by atoms with van der Waals surface area (Å²) in [7, 11) is 0. The number of nitrogens with zero attached hydrogens (tertiary/aromatic N) is 4. The molecular formula is C24H21N5O. The zero-order valence-electron chi connectivity index (χ0n) is 16.8. The Bertz CT molecular complexity index is 1210. The highest BCUT2D eigenvalue weighted by Gasteiger charge is 2.24. The van der Waals surface area contributed by atoms with E-state index in [1.165, 1.54) is 5.56 Å². The zero-order chi connectivity index (χ0) is 20.6. The Balaban J connectivity index is 1.42. The van der Waals surface area contributed by atoms with Gasteiger partial charge < -0.3 is 9.73 Å². The fraction of sp³-hybridized carbons (Fsp3) is 0.167. The SMILES string of the molecule is CC(C)(Nc1nnc(-c2ccc3c(c2)C(c2ncccn2)=CC3)o1)c1ccccc1. The first-order chi connectivity index (χ1) is 14.6. The third kappa shape index (κ3) is 3.37. The molecule has 6 heteroatoms. The van der Waals surface area contributed by atoms with Gasteiger partial charge in [0.05, 0.1) is 5.54 Å². The second-order valence-corrected chi connectivity index (χ2v) is 7.79. The molecule has 2 aromatic carbocycles. The molecule has 4 aromatic rings. The molecule has 2 heterocycles. The smallest absolute Gasteiger partial charge is 0.316 e. The summed E-state index contributed by atoms with van der Waals surface area (Å²) < 4.78 is 5.94. The normalized spacial score (nSPS) is 13.1. The van der Waals surface area contributed by atoms with Crippen LogP contribution < -0.4 is 5.32 Å². The van der Waals surface area contributed by atoms with E-state index in [0.29, 0.717) is 11.9 Å². The van der Waals surface area contributed by atoms with Crippen LogP contribution in [-0.4, -0.2) is 20.2 Å². The average molecular weight is 395 g/mol. The van der Waals surface area contributed by atoms with Crippen LogP contribution >= 0.6 is 0 Å². The van der Waals surface area contributed by atoms with Crippen LogP contribution in [-0.2, 0) is 12.0 Å². The van der Waals surface area contributed by atoms with Crippen LogP contribution in [0.25, 0.3) is 17.0 Å². The topological polar surface area (TPSA) is 76.7 Å². The lowest BCUT2D eigenvalue weighted by atomic mass is 9.95. The van der Waals surface area contributed by atoms with Crippen molar-refractivity contribution < 1.29 is 4.42 Å². The molecule has 0 radical (unpaired) electrons. The molecule has 1 aliphatic rings. The number of anilines is 1. The molecule has 0 spiro atoms. The van der Waals surface area contributed by atoms with Crippen molar-refractivity contribution >= 4 is 11.6 Å². The minimum Gasteiger partial charge on any atom is -0.403 e. The van der Waals surface area contributed by atoms with Gasteiger partial charge in [-0.15, -0.1) is 5.10 Å². The van der Waals surface area contributed by atoms with Gasteiger partial charge >= 0.3 is 6.01 Å². The first-order valence-electron chi connectivity index (χ1n) is 9.88. The third-order valence-electron chi connectivity index (χ3n) is 5.32. The third-order valence-corrected chi connectivity index (χ3v) is 5.32. The van der Waals surface area contributed by atoms with Crippen molar-refractivity contribution in [1.29, 1.82) is 0 Å². The highest BCUT2D eigenvalue weighted by atomic mass is 16.4. The molecule has 6 nitrogen and oxygen atoms in total. The molecular weight excluding hydrogens is 374 g/mol. The van der Waals surface area contributed by atoms with Gasteiger partial charge in [0.2, 0.25) is 5.89 Å². The number of rotatable bonds is 5. The summed E-state index contributed by atoms with van der Waals surface area (Å²) in [5.74, 6) is 1.20. The molecule has 0 saturated carbocycles. The van der Waals surface area contributed by atoms with Gasteiger partial charge in [0.15, 0.2) is 5.82 Å². The van der Waals surface area contributed by atoms with E-state index in [2.05, 4.69) is 69.7 Å². The average Bonchev–Trinajstić information content (AvgIpc) is 3.41. The standard InChI is InChI=1S/C24H21N5O/c1-24(2,18-7-4-3-5-8-18)27-23-29-28-22(30-23)17-10-9-16-11-12-19(20(16)15-17)21-25-13-6-14-26-21/h3-10,12-15H,11H2,1-2H3,(H,27,29). The van der Waals surface area contributed by atoms with Crippen molar-refractivity contribution in [3.8, 4) is 11.5 Å². The summed E-state index contributed by atoms with van der Waals surface area (Å²) >= 11 is 0.